The van der Waals surface area contributed by atoms with E-state index in [0.29, 0.717) is 0 Å². The molecule has 0 aromatic heterocycles. The molecule has 1 unspecified atom stereocenters. The van der Waals surface area contributed by atoms with E-state index in [4.69, 9.17) is 9.47 Å². The van der Waals surface area contributed by atoms with Gasteiger partial charge in [0, 0.05) is 6.42 Å². The van der Waals surface area contributed by atoms with Gasteiger partial charge >= 0.3 is 12.1 Å². The number of carbonyl (C=O) groups is 2. The summed E-state index contributed by atoms with van der Waals surface area (Å²) < 4.78 is 9.94. The second-order valence-electron chi connectivity index (χ2n) is 6.48. The highest BCUT2D eigenvalue weighted by Crippen LogP contribution is 2.22. The third-order valence-electron chi connectivity index (χ3n) is 3.27. The van der Waals surface area contributed by atoms with Gasteiger partial charge in [0.2, 0.25) is 0 Å². The number of aryl methyl sites for hydroxylation is 2. The molecule has 6 heteroatoms. The Bertz CT molecular complexity index is 566. The number of nitrogens with one attached hydrogen (secondary N) is 1. The standard InChI is InChI=1S/C17H25NO5/c1-10-7-12(19)8-11(2)13(10)9-14(15(20)22-6)18-16(21)23-17(3,4)5/h7-8,14,19H,9H2,1-6H3,(H,18,21). The lowest BCUT2D eigenvalue weighted by Crippen LogP contribution is -2.45. The molecule has 0 bridgehead atoms. The van der Waals surface area contributed by atoms with Crippen LogP contribution in [-0.4, -0.2) is 35.9 Å². The van der Waals surface area contributed by atoms with Gasteiger partial charge in [-0.2, -0.15) is 0 Å². The summed E-state index contributed by atoms with van der Waals surface area (Å²) in [5.74, 6) is -0.388. The minimum Gasteiger partial charge on any atom is -0.508 e. The van der Waals surface area contributed by atoms with E-state index in [0.717, 1.165) is 16.7 Å². The maximum absolute atomic E-state index is 12.0. The molecule has 1 aromatic rings. The van der Waals surface area contributed by atoms with Gasteiger partial charge in [-0.15, -0.1) is 0 Å². The Morgan fingerprint density at radius 3 is 2.17 bits per heavy atom. The van der Waals surface area contributed by atoms with E-state index in [9.17, 15) is 14.7 Å². The van der Waals surface area contributed by atoms with Crippen LogP contribution in [0.3, 0.4) is 0 Å². The summed E-state index contributed by atoms with van der Waals surface area (Å²) in [6, 6.07) is 2.37. The molecule has 0 spiro atoms. The number of rotatable bonds is 4. The predicted octanol–water partition coefficient (Wildman–Crippen LogP) is 2.62. The molecule has 0 aliphatic rings. The molecular formula is C17H25NO5. The zero-order valence-electron chi connectivity index (χ0n) is 14.5. The number of ether oxygens (including phenoxy) is 2. The van der Waals surface area contributed by atoms with Crippen LogP contribution in [0.4, 0.5) is 4.79 Å². The van der Waals surface area contributed by atoms with Crippen molar-refractivity contribution in [3.63, 3.8) is 0 Å². The van der Waals surface area contributed by atoms with Gasteiger partial charge in [0.15, 0.2) is 0 Å². The van der Waals surface area contributed by atoms with E-state index >= 15 is 0 Å². The first-order valence-corrected chi connectivity index (χ1v) is 7.40. The Hall–Kier alpha value is -2.24. The minimum absolute atomic E-state index is 0.165. The molecule has 1 aromatic carbocycles. The van der Waals surface area contributed by atoms with Crippen LogP contribution in [0.25, 0.3) is 0 Å². The average molecular weight is 323 g/mol. The highest BCUT2D eigenvalue weighted by Gasteiger charge is 2.26. The van der Waals surface area contributed by atoms with Gasteiger partial charge in [-0.05, 0) is 63.4 Å². The van der Waals surface area contributed by atoms with Crippen molar-refractivity contribution in [2.75, 3.05) is 7.11 Å². The number of amides is 1. The van der Waals surface area contributed by atoms with Crippen molar-refractivity contribution in [2.45, 2.75) is 52.7 Å². The third kappa shape index (κ3) is 5.81. The monoisotopic (exact) mass is 323 g/mol. The normalized spacial score (nSPS) is 12.4. The van der Waals surface area contributed by atoms with Gasteiger partial charge in [0.25, 0.3) is 0 Å². The molecule has 0 saturated carbocycles. The maximum atomic E-state index is 12.0. The lowest BCUT2D eigenvalue weighted by atomic mass is 9.96. The summed E-state index contributed by atoms with van der Waals surface area (Å²) in [6.07, 6.45) is -0.425. The molecule has 2 N–H and O–H groups in total. The van der Waals surface area contributed by atoms with Gasteiger partial charge in [-0.1, -0.05) is 0 Å². The van der Waals surface area contributed by atoms with Crippen molar-refractivity contribution in [3.8, 4) is 5.75 Å². The van der Waals surface area contributed by atoms with E-state index in [1.54, 1.807) is 32.9 Å². The Morgan fingerprint density at radius 1 is 1.22 bits per heavy atom. The van der Waals surface area contributed by atoms with Gasteiger partial charge < -0.3 is 19.9 Å². The summed E-state index contributed by atoms with van der Waals surface area (Å²) in [4.78, 5) is 23.9. The number of esters is 1. The number of phenols is 1. The zero-order valence-corrected chi connectivity index (χ0v) is 14.5. The van der Waals surface area contributed by atoms with Crippen LogP contribution in [-0.2, 0) is 20.7 Å². The molecule has 0 saturated heterocycles. The predicted molar refractivity (Wildman–Crippen MR) is 86.5 cm³/mol. The number of hydrogen-bond donors (Lipinski definition) is 2. The molecule has 0 radical (unpaired) electrons. The van der Waals surface area contributed by atoms with Crippen LogP contribution in [0.5, 0.6) is 5.75 Å². The number of hydrogen-bond acceptors (Lipinski definition) is 5. The number of alkyl carbamates (subject to hydrolysis) is 1. The van der Waals surface area contributed by atoms with Crippen LogP contribution in [0.15, 0.2) is 12.1 Å². The molecule has 0 heterocycles. The maximum Gasteiger partial charge on any atom is 0.408 e. The second kappa shape index (κ2) is 7.35. The van der Waals surface area contributed by atoms with Gasteiger partial charge in [0.1, 0.15) is 17.4 Å². The van der Waals surface area contributed by atoms with E-state index in [1.807, 2.05) is 13.8 Å². The van der Waals surface area contributed by atoms with E-state index < -0.39 is 23.7 Å². The molecule has 23 heavy (non-hydrogen) atoms. The Labute approximate surface area is 136 Å². The molecule has 6 nitrogen and oxygen atoms in total. The minimum atomic E-state index is -0.864. The average Bonchev–Trinajstić information content (AvgIpc) is 2.38. The summed E-state index contributed by atoms with van der Waals surface area (Å²) in [7, 11) is 1.27. The molecule has 0 fully saturated rings. The van der Waals surface area contributed by atoms with Crippen LogP contribution in [0.1, 0.15) is 37.5 Å². The first-order chi connectivity index (χ1) is 10.5. The number of methoxy groups -OCH3 is 1. The van der Waals surface area contributed by atoms with Crippen LogP contribution < -0.4 is 5.32 Å². The Morgan fingerprint density at radius 2 is 1.74 bits per heavy atom. The lowest BCUT2D eigenvalue weighted by molar-refractivity contribution is -0.143. The number of phenolic OH excluding ortho intramolecular Hbond substituents is 1. The molecule has 1 rings (SSSR count). The highest BCUT2D eigenvalue weighted by molar-refractivity contribution is 5.81. The quantitative estimate of drug-likeness (QED) is 0.832. The second-order valence-corrected chi connectivity index (χ2v) is 6.48. The van der Waals surface area contributed by atoms with Gasteiger partial charge in [-0.3, -0.25) is 0 Å². The highest BCUT2D eigenvalue weighted by atomic mass is 16.6. The van der Waals surface area contributed by atoms with Crippen LogP contribution in [0, 0.1) is 13.8 Å². The van der Waals surface area contributed by atoms with Gasteiger partial charge in [-0.25, -0.2) is 9.59 Å². The third-order valence-corrected chi connectivity index (χ3v) is 3.27. The molecular weight excluding hydrogens is 298 g/mol. The largest absolute Gasteiger partial charge is 0.508 e. The topological polar surface area (TPSA) is 84.9 Å². The van der Waals surface area contributed by atoms with E-state index in [2.05, 4.69) is 5.32 Å². The van der Waals surface area contributed by atoms with Crippen molar-refractivity contribution in [1.82, 2.24) is 5.32 Å². The Kier molecular flexibility index (Phi) is 6.01. The van der Waals surface area contributed by atoms with Crippen molar-refractivity contribution in [3.05, 3.63) is 28.8 Å². The zero-order chi connectivity index (χ0) is 17.8. The number of carbonyl (C=O) groups excluding carboxylic acids is 2. The molecule has 1 amide bonds. The molecule has 0 aliphatic heterocycles. The molecule has 0 aliphatic carbocycles. The molecule has 128 valence electrons. The first kappa shape index (κ1) is 18.8. The summed E-state index contributed by atoms with van der Waals surface area (Å²) in [5.41, 5.74) is 1.88. The first-order valence-electron chi connectivity index (χ1n) is 7.40. The van der Waals surface area contributed by atoms with Gasteiger partial charge in [0.05, 0.1) is 7.11 Å². The fourth-order valence-electron chi connectivity index (χ4n) is 2.28. The van der Waals surface area contributed by atoms with Crippen LogP contribution in [0.2, 0.25) is 0 Å². The summed E-state index contributed by atoms with van der Waals surface area (Å²) >= 11 is 0. The molecule has 1 atom stereocenters. The Balaban J connectivity index is 2.97. The van der Waals surface area contributed by atoms with Crippen LogP contribution >= 0.6 is 0 Å². The van der Waals surface area contributed by atoms with E-state index in [1.165, 1.54) is 7.11 Å². The van der Waals surface area contributed by atoms with Crippen molar-refractivity contribution < 1.29 is 24.2 Å². The SMILES string of the molecule is COC(=O)C(Cc1c(C)cc(O)cc1C)NC(=O)OC(C)(C)C. The number of benzene rings is 1. The van der Waals surface area contributed by atoms with Crippen molar-refractivity contribution in [2.24, 2.45) is 0 Å². The van der Waals surface area contributed by atoms with Crippen molar-refractivity contribution >= 4 is 12.1 Å². The van der Waals surface area contributed by atoms with E-state index in [-0.39, 0.29) is 12.2 Å². The fourth-order valence-corrected chi connectivity index (χ4v) is 2.28. The number of aromatic hydroxyl groups is 1. The lowest BCUT2D eigenvalue weighted by Gasteiger charge is -2.23. The van der Waals surface area contributed by atoms with Crippen molar-refractivity contribution in [1.29, 1.82) is 0 Å². The fraction of sp³-hybridized carbons (Fsp3) is 0.529. The summed E-state index contributed by atoms with van der Waals surface area (Å²) in [6.45, 7) is 8.91. The smallest absolute Gasteiger partial charge is 0.408 e. The summed E-state index contributed by atoms with van der Waals surface area (Å²) in [5, 5.41) is 12.1.